The fourth-order valence-electron chi connectivity index (χ4n) is 2.93. The first-order valence-corrected chi connectivity index (χ1v) is 8.72. The second-order valence-corrected chi connectivity index (χ2v) is 6.08. The molecule has 3 aromatic carbocycles. The topological polar surface area (TPSA) is 58.9 Å². The third kappa shape index (κ3) is 4.61. The van der Waals surface area contributed by atoms with Gasteiger partial charge in [0.2, 0.25) is 0 Å². The van der Waals surface area contributed by atoms with E-state index >= 15 is 0 Å². The number of benzene rings is 3. The Kier molecular flexibility index (Phi) is 6.00. The normalized spacial score (nSPS) is 11.4. The summed E-state index contributed by atoms with van der Waals surface area (Å²) in [5, 5.41) is 9.79. The number of nitrogens with zero attached hydrogens (tertiary/aromatic N) is 1. The number of hydrogen-bond donors (Lipinski definition) is 1. The SMILES string of the molecule is COc1ccccc1CC(N=C(c1ccccc1)c1ccccc1)C(=O)O. The lowest BCUT2D eigenvalue weighted by Crippen LogP contribution is -2.23. The monoisotopic (exact) mass is 359 g/mol. The van der Waals surface area contributed by atoms with E-state index in [-0.39, 0.29) is 6.42 Å². The highest BCUT2D eigenvalue weighted by atomic mass is 16.5. The molecule has 0 saturated heterocycles. The maximum Gasteiger partial charge on any atom is 0.328 e. The molecule has 1 unspecified atom stereocenters. The number of methoxy groups -OCH3 is 1. The molecule has 3 aromatic rings. The van der Waals surface area contributed by atoms with Crippen molar-refractivity contribution in [2.75, 3.05) is 7.11 Å². The third-order valence-electron chi connectivity index (χ3n) is 4.27. The summed E-state index contributed by atoms with van der Waals surface area (Å²) in [4.78, 5) is 16.6. The molecule has 4 heteroatoms. The van der Waals surface area contributed by atoms with E-state index in [1.807, 2.05) is 84.9 Å². The van der Waals surface area contributed by atoms with Crippen LogP contribution in [-0.2, 0) is 11.2 Å². The predicted molar refractivity (Wildman–Crippen MR) is 107 cm³/mol. The van der Waals surface area contributed by atoms with Gasteiger partial charge in [0.1, 0.15) is 5.75 Å². The molecule has 0 aliphatic carbocycles. The molecular formula is C23H21NO3. The molecule has 136 valence electrons. The van der Waals surface area contributed by atoms with Crippen LogP contribution in [0.1, 0.15) is 16.7 Å². The van der Waals surface area contributed by atoms with Gasteiger partial charge in [0.15, 0.2) is 6.04 Å². The summed E-state index contributed by atoms with van der Waals surface area (Å²) in [6.45, 7) is 0. The van der Waals surface area contributed by atoms with E-state index in [1.54, 1.807) is 7.11 Å². The molecule has 4 nitrogen and oxygen atoms in total. The van der Waals surface area contributed by atoms with Crippen molar-refractivity contribution in [3.05, 3.63) is 102 Å². The van der Waals surface area contributed by atoms with E-state index in [1.165, 1.54) is 0 Å². The second kappa shape index (κ2) is 8.81. The summed E-state index contributed by atoms with van der Waals surface area (Å²) in [6.07, 6.45) is 0.252. The Balaban J connectivity index is 2.04. The maximum atomic E-state index is 12.0. The molecular weight excluding hydrogens is 338 g/mol. The van der Waals surface area contributed by atoms with Gasteiger partial charge in [0, 0.05) is 17.5 Å². The van der Waals surface area contributed by atoms with Gasteiger partial charge in [-0.2, -0.15) is 0 Å². The highest BCUT2D eigenvalue weighted by Crippen LogP contribution is 2.21. The van der Waals surface area contributed by atoms with Gasteiger partial charge in [0.05, 0.1) is 12.8 Å². The summed E-state index contributed by atoms with van der Waals surface area (Å²) in [5.41, 5.74) is 3.25. The van der Waals surface area contributed by atoms with Gasteiger partial charge in [0.25, 0.3) is 0 Å². The van der Waals surface area contributed by atoms with E-state index < -0.39 is 12.0 Å². The zero-order valence-corrected chi connectivity index (χ0v) is 15.1. The highest BCUT2D eigenvalue weighted by molar-refractivity contribution is 6.13. The van der Waals surface area contributed by atoms with Crippen LogP contribution in [0.15, 0.2) is 89.9 Å². The maximum absolute atomic E-state index is 12.0. The molecule has 0 aliphatic rings. The Morgan fingerprint density at radius 1 is 0.889 bits per heavy atom. The first kappa shape index (κ1) is 18.4. The molecule has 0 heterocycles. The van der Waals surface area contributed by atoms with E-state index in [0.29, 0.717) is 11.5 Å². The van der Waals surface area contributed by atoms with Crippen LogP contribution in [-0.4, -0.2) is 29.9 Å². The van der Waals surface area contributed by atoms with Crippen molar-refractivity contribution in [3.63, 3.8) is 0 Å². The molecule has 0 fully saturated rings. The van der Waals surface area contributed by atoms with Crippen LogP contribution in [0.3, 0.4) is 0 Å². The van der Waals surface area contributed by atoms with Gasteiger partial charge < -0.3 is 9.84 Å². The van der Waals surface area contributed by atoms with Gasteiger partial charge in [-0.1, -0.05) is 78.9 Å². The van der Waals surface area contributed by atoms with E-state index in [2.05, 4.69) is 4.99 Å². The van der Waals surface area contributed by atoms with Crippen molar-refractivity contribution in [2.45, 2.75) is 12.5 Å². The summed E-state index contributed by atoms with van der Waals surface area (Å²) in [7, 11) is 1.58. The number of para-hydroxylation sites is 1. The molecule has 0 amide bonds. The average molecular weight is 359 g/mol. The summed E-state index contributed by atoms with van der Waals surface area (Å²) in [5.74, 6) is -0.301. The van der Waals surface area contributed by atoms with Gasteiger partial charge in [-0.3, -0.25) is 4.99 Å². The minimum atomic E-state index is -0.967. The number of ether oxygens (including phenoxy) is 1. The van der Waals surface area contributed by atoms with Crippen LogP contribution in [0.2, 0.25) is 0 Å². The summed E-state index contributed by atoms with van der Waals surface area (Å²) >= 11 is 0. The lowest BCUT2D eigenvalue weighted by atomic mass is 10.0. The number of aliphatic imine (C=N–C) groups is 1. The van der Waals surface area contributed by atoms with Crippen LogP contribution >= 0.6 is 0 Å². The van der Waals surface area contributed by atoms with Crippen LogP contribution in [0.25, 0.3) is 0 Å². The van der Waals surface area contributed by atoms with Crippen molar-refractivity contribution in [1.82, 2.24) is 0 Å². The molecule has 3 rings (SSSR count). The van der Waals surface area contributed by atoms with Crippen molar-refractivity contribution >= 4 is 11.7 Å². The van der Waals surface area contributed by atoms with Gasteiger partial charge in [-0.15, -0.1) is 0 Å². The Morgan fingerprint density at radius 2 is 1.41 bits per heavy atom. The molecule has 0 saturated carbocycles. The zero-order valence-electron chi connectivity index (χ0n) is 15.1. The number of carbonyl (C=O) groups is 1. The fraction of sp³-hybridized carbons (Fsp3) is 0.130. The lowest BCUT2D eigenvalue weighted by Gasteiger charge is -2.14. The third-order valence-corrected chi connectivity index (χ3v) is 4.27. The van der Waals surface area contributed by atoms with Crippen molar-refractivity contribution < 1.29 is 14.6 Å². The second-order valence-electron chi connectivity index (χ2n) is 6.08. The smallest absolute Gasteiger partial charge is 0.328 e. The lowest BCUT2D eigenvalue weighted by molar-refractivity contribution is -0.138. The Hall–Kier alpha value is -3.40. The number of carboxylic acid groups (broad SMARTS) is 1. The van der Waals surface area contributed by atoms with E-state index in [9.17, 15) is 9.90 Å². The van der Waals surface area contributed by atoms with Gasteiger partial charge >= 0.3 is 5.97 Å². The van der Waals surface area contributed by atoms with Crippen molar-refractivity contribution in [2.24, 2.45) is 4.99 Å². The first-order chi connectivity index (χ1) is 13.2. The van der Waals surface area contributed by atoms with E-state index in [4.69, 9.17) is 4.74 Å². The standard InChI is InChI=1S/C23H21NO3/c1-27-21-15-9-8-14-19(21)16-20(23(25)26)24-22(17-10-4-2-5-11-17)18-12-6-3-7-13-18/h2-15,20H,16H2,1H3,(H,25,26). The van der Waals surface area contributed by atoms with E-state index in [0.717, 1.165) is 16.7 Å². The Bertz CT molecular complexity index is 879. The molecule has 0 bridgehead atoms. The molecule has 27 heavy (non-hydrogen) atoms. The van der Waals surface area contributed by atoms with Crippen LogP contribution in [0.4, 0.5) is 0 Å². The molecule has 0 aliphatic heterocycles. The van der Waals surface area contributed by atoms with Crippen LogP contribution < -0.4 is 4.74 Å². The predicted octanol–water partition coefficient (Wildman–Crippen LogP) is 4.23. The minimum absolute atomic E-state index is 0.252. The summed E-state index contributed by atoms with van der Waals surface area (Å²) < 4.78 is 5.36. The minimum Gasteiger partial charge on any atom is -0.496 e. The first-order valence-electron chi connectivity index (χ1n) is 8.72. The Labute approximate surface area is 158 Å². The fourth-order valence-corrected chi connectivity index (χ4v) is 2.93. The number of rotatable bonds is 7. The Morgan fingerprint density at radius 3 is 1.93 bits per heavy atom. The van der Waals surface area contributed by atoms with Crippen molar-refractivity contribution in [1.29, 1.82) is 0 Å². The van der Waals surface area contributed by atoms with Crippen LogP contribution in [0, 0.1) is 0 Å². The number of hydrogen-bond acceptors (Lipinski definition) is 3. The largest absolute Gasteiger partial charge is 0.496 e. The number of carboxylic acids is 1. The quantitative estimate of drug-likeness (QED) is 0.642. The van der Waals surface area contributed by atoms with Gasteiger partial charge in [-0.05, 0) is 11.6 Å². The van der Waals surface area contributed by atoms with Crippen LogP contribution in [0.5, 0.6) is 5.75 Å². The number of aliphatic carboxylic acids is 1. The molecule has 1 N–H and O–H groups in total. The van der Waals surface area contributed by atoms with Gasteiger partial charge in [-0.25, -0.2) is 4.79 Å². The highest BCUT2D eigenvalue weighted by Gasteiger charge is 2.21. The molecule has 1 atom stereocenters. The molecule has 0 radical (unpaired) electrons. The average Bonchev–Trinajstić information content (AvgIpc) is 2.72. The van der Waals surface area contributed by atoms with Crippen molar-refractivity contribution in [3.8, 4) is 5.75 Å². The molecule has 0 aromatic heterocycles. The summed E-state index contributed by atoms with van der Waals surface area (Å²) in [6, 6.07) is 25.8. The molecule has 0 spiro atoms. The zero-order chi connectivity index (χ0) is 19.1.